The highest BCUT2D eigenvalue weighted by Gasteiger charge is 2.49. The Labute approximate surface area is 181 Å². The van der Waals surface area contributed by atoms with Crippen LogP contribution in [0, 0.1) is 5.92 Å². The molecule has 0 saturated heterocycles. The van der Waals surface area contributed by atoms with E-state index < -0.39 is 12.2 Å². The summed E-state index contributed by atoms with van der Waals surface area (Å²) in [6.07, 6.45) is 6.20. The highest BCUT2D eigenvalue weighted by Crippen LogP contribution is 2.52. The Morgan fingerprint density at radius 1 is 1.41 bits per heavy atom. The number of unbranched alkanes of at least 4 members (excludes halogenated alkanes) is 2. The van der Waals surface area contributed by atoms with E-state index in [4.69, 9.17) is 9.47 Å². The van der Waals surface area contributed by atoms with E-state index in [0.717, 1.165) is 40.6 Å². The molecule has 0 radical (unpaired) electrons. The van der Waals surface area contributed by atoms with E-state index in [9.17, 15) is 15.0 Å². The first kappa shape index (κ1) is 22.3. The molecule has 1 fully saturated rings. The van der Waals surface area contributed by atoms with Crippen molar-refractivity contribution in [2.45, 2.75) is 76.1 Å². The molecule has 1 aromatic carbocycles. The lowest BCUT2D eigenvalue weighted by molar-refractivity contribution is -0.140. The van der Waals surface area contributed by atoms with Crippen LogP contribution in [0.3, 0.4) is 0 Å². The monoisotopic (exact) mass is 466 g/mol. The quantitative estimate of drug-likeness (QED) is 0.420. The number of carbonyl (C=O) groups excluding carboxylic acids is 1. The van der Waals surface area contributed by atoms with Crippen LogP contribution in [0.5, 0.6) is 5.75 Å². The van der Waals surface area contributed by atoms with Crippen molar-refractivity contribution < 1.29 is 24.5 Å². The number of benzene rings is 1. The molecule has 0 aromatic heterocycles. The second kappa shape index (κ2) is 10.1. The topological polar surface area (TPSA) is 76.0 Å². The summed E-state index contributed by atoms with van der Waals surface area (Å²) < 4.78 is 11.7. The third-order valence-corrected chi connectivity index (χ3v) is 6.86. The Hall–Kier alpha value is -1.37. The predicted octanol–water partition coefficient (Wildman–Crippen LogP) is 4.24. The fourth-order valence-electron chi connectivity index (χ4n) is 4.49. The molecule has 1 aliphatic carbocycles. The number of esters is 1. The SMILES string of the molecule is CCCCC[C@@H](O)/C(Br)=C/[C@@H]1[C@H]2c3cccc(CCC(=O)OC)c3O[C@H]2C[C@H]1O. The van der Waals surface area contributed by atoms with E-state index in [1.165, 1.54) is 7.11 Å². The molecule has 5 nitrogen and oxygen atoms in total. The van der Waals surface area contributed by atoms with Crippen LogP contribution < -0.4 is 4.74 Å². The summed E-state index contributed by atoms with van der Waals surface area (Å²) in [5.74, 6) is 0.537. The van der Waals surface area contributed by atoms with Gasteiger partial charge in [0.15, 0.2) is 0 Å². The van der Waals surface area contributed by atoms with Crippen LogP contribution in [0.4, 0.5) is 0 Å². The number of aryl methyl sites for hydroxylation is 1. The lowest BCUT2D eigenvalue weighted by Gasteiger charge is -2.19. The second-order valence-electron chi connectivity index (χ2n) is 8.04. The summed E-state index contributed by atoms with van der Waals surface area (Å²) in [6, 6.07) is 6.01. The van der Waals surface area contributed by atoms with Gasteiger partial charge in [-0.25, -0.2) is 0 Å². The highest BCUT2D eigenvalue weighted by molar-refractivity contribution is 9.11. The average molecular weight is 467 g/mol. The number of aliphatic hydroxyl groups is 2. The molecule has 2 aliphatic rings. The van der Waals surface area contributed by atoms with Crippen molar-refractivity contribution in [2.75, 3.05) is 7.11 Å². The summed E-state index contributed by atoms with van der Waals surface area (Å²) in [6.45, 7) is 2.14. The van der Waals surface area contributed by atoms with E-state index in [-0.39, 0.29) is 23.9 Å². The molecule has 1 aliphatic heterocycles. The number of hydrogen-bond acceptors (Lipinski definition) is 5. The minimum Gasteiger partial charge on any atom is -0.489 e. The molecule has 6 heteroatoms. The van der Waals surface area contributed by atoms with Crippen LogP contribution in [-0.4, -0.2) is 41.6 Å². The van der Waals surface area contributed by atoms with Gasteiger partial charge in [-0.1, -0.05) is 66.4 Å². The molecular formula is C23H31BrO5. The maximum atomic E-state index is 11.5. The largest absolute Gasteiger partial charge is 0.489 e. The predicted molar refractivity (Wildman–Crippen MR) is 115 cm³/mol. The van der Waals surface area contributed by atoms with Crippen LogP contribution in [0.15, 0.2) is 28.8 Å². The van der Waals surface area contributed by atoms with Gasteiger partial charge in [0.25, 0.3) is 0 Å². The van der Waals surface area contributed by atoms with Gasteiger partial charge < -0.3 is 19.7 Å². The molecule has 2 N–H and O–H groups in total. The Morgan fingerprint density at radius 2 is 2.21 bits per heavy atom. The van der Waals surface area contributed by atoms with Crippen molar-refractivity contribution in [1.29, 1.82) is 0 Å². The highest BCUT2D eigenvalue weighted by atomic mass is 79.9. The second-order valence-corrected chi connectivity index (χ2v) is 8.95. The van der Waals surface area contributed by atoms with E-state index in [0.29, 0.717) is 25.7 Å². The van der Waals surface area contributed by atoms with Crippen molar-refractivity contribution in [1.82, 2.24) is 0 Å². The zero-order chi connectivity index (χ0) is 21.0. The van der Waals surface area contributed by atoms with E-state index in [2.05, 4.69) is 22.9 Å². The number of ether oxygens (including phenoxy) is 2. The van der Waals surface area contributed by atoms with Crippen molar-refractivity contribution in [3.8, 4) is 5.75 Å². The van der Waals surface area contributed by atoms with Crippen molar-refractivity contribution in [3.05, 3.63) is 39.9 Å². The number of halogens is 1. The molecule has 1 saturated carbocycles. The minimum atomic E-state index is -0.541. The van der Waals surface area contributed by atoms with Crippen LogP contribution in [0.2, 0.25) is 0 Å². The Morgan fingerprint density at radius 3 is 2.93 bits per heavy atom. The zero-order valence-corrected chi connectivity index (χ0v) is 18.7. The van der Waals surface area contributed by atoms with Gasteiger partial charge in [0, 0.05) is 34.7 Å². The molecule has 1 heterocycles. The van der Waals surface area contributed by atoms with Gasteiger partial charge in [-0.2, -0.15) is 0 Å². The summed E-state index contributed by atoms with van der Waals surface area (Å²) in [4.78, 5) is 11.5. The van der Waals surface area contributed by atoms with Gasteiger partial charge in [-0.05, 0) is 18.4 Å². The number of hydrogen-bond donors (Lipinski definition) is 2. The smallest absolute Gasteiger partial charge is 0.305 e. The molecule has 160 valence electrons. The number of aliphatic hydroxyl groups excluding tert-OH is 2. The number of para-hydroxylation sites is 1. The van der Waals surface area contributed by atoms with Gasteiger partial charge in [0.1, 0.15) is 11.9 Å². The maximum Gasteiger partial charge on any atom is 0.305 e. The van der Waals surface area contributed by atoms with Crippen LogP contribution >= 0.6 is 15.9 Å². The fraction of sp³-hybridized carbons (Fsp3) is 0.609. The first-order valence-electron chi connectivity index (χ1n) is 10.5. The molecule has 29 heavy (non-hydrogen) atoms. The molecule has 3 rings (SSSR count). The maximum absolute atomic E-state index is 11.5. The molecule has 5 atom stereocenters. The summed E-state index contributed by atoms with van der Waals surface area (Å²) in [5.41, 5.74) is 2.08. The van der Waals surface area contributed by atoms with E-state index in [1.807, 2.05) is 24.3 Å². The molecule has 0 amide bonds. The third kappa shape index (κ3) is 5.04. The fourth-order valence-corrected chi connectivity index (χ4v) is 5.03. The van der Waals surface area contributed by atoms with Gasteiger partial charge >= 0.3 is 5.97 Å². The summed E-state index contributed by atoms with van der Waals surface area (Å²) >= 11 is 3.54. The average Bonchev–Trinajstić information content (AvgIpc) is 3.22. The molecule has 0 spiro atoms. The third-order valence-electron chi connectivity index (χ3n) is 6.07. The molecule has 0 unspecified atom stereocenters. The first-order chi connectivity index (χ1) is 14.0. The number of carbonyl (C=O) groups is 1. The van der Waals surface area contributed by atoms with Gasteiger partial charge in [-0.15, -0.1) is 0 Å². The molecule has 1 aromatic rings. The standard InChI is InChI=1S/C23H31BrO5/c1-3-4-5-9-18(25)17(24)12-16-19(26)13-20-22(16)15-8-6-7-14(23(15)29-20)10-11-21(27)28-2/h6-8,12,16,18-20,22,25-26H,3-5,9-11,13H2,1-2H3/b17-12-/t16-,18+,19+,20-,22+/m0/s1. The van der Waals surface area contributed by atoms with Crippen LogP contribution in [0.1, 0.15) is 62.5 Å². The van der Waals surface area contributed by atoms with Gasteiger partial charge in [-0.3, -0.25) is 4.79 Å². The van der Waals surface area contributed by atoms with Crippen molar-refractivity contribution >= 4 is 21.9 Å². The number of methoxy groups -OCH3 is 1. The first-order valence-corrected chi connectivity index (χ1v) is 11.3. The Kier molecular flexibility index (Phi) is 7.77. The van der Waals surface area contributed by atoms with Crippen LogP contribution in [-0.2, 0) is 16.0 Å². The van der Waals surface area contributed by atoms with Crippen molar-refractivity contribution in [2.24, 2.45) is 5.92 Å². The van der Waals surface area contributed by atoms with Gasteiger partial charge in [0.2, 0.25) is 0 Å². The number of fused-ring (bicyclic) bond motifs is 3. The van der Waals surface area contributed by atoms with Gasteiger partial charge in [0.05, 0.1) is 19.3 Å². The Balaban J connectivity index is 1.77. The normalized spacial score (nSPS) is 26.6. The number of rotatable bonds is 9. The minimum absolute atomic E-state index is 0.0495. The summed E-state index contributed by atoms with van der Waals surface area (Å²) in [7, 11) is 1.39. The zero-order valence-electron chi connectivity index (χ0n) is 17.1. The molecule has 0 bridgehead atoms. The summed E-state index contributed by atoms with van der Waals surface area (Å²) in [5, 5.41) is 21.1. The molecular weight excluding hydrogens is 436 g/mol. The van der Waals surface area contributed by atoms with E-state index >= 15 is 0 Å². The lowest BCUT2D eigenvalue weighted by atomic mass is 9.86. The van der Waals surface area contributed by atoms with Crippen LogP contribution in [0.25, 0.3) is 0 Å². The van der Waals surface area contributed by atoms with E-state index in [1.54, 1.807) is 0 Å². The van der Waals surface area contributed by atoms with Crippen molar-refractivity contribution in [3.63, 3.8) is 0 Å². The lowest BCUT2D eigenvalue weighted by Crippen LogP contribution is -2.18. The Bertz CT molecular complexity index is 747.